The normalized spacial score (nSPS) is 15.4. The fourth-order valence-corrected chi connectivity index (χ4v) is 3.65. The lowest BCUT2D eigenvalue weighted by Gasteiger charge is -2.23. The Balaban J connectivity index is 1.70. The predicted octanol–water partition coefficient (Wildman–Crippen LogP) is 4.99. The van der Waals surface area contributed by atoms with Crippen molar-refractivity contribution < 1.29 is 19.6 Å². The van der Waals surface area contributed by atoms with Gasteiger partial charge in [0.15, 0.2) is 5.78 Å². The van der Waals surface area contributed by atoms with Gasteiger partial charge in [-0.3, -0.25) is 14.9 Å². The smallest absolute Gasteiger partial charge is 0.312 e. The van der Waals surface area contributed by atoms with Gasteiger partial charge in [-0.25, -0.2) is 0 Å². The van der Waals surface area contributed by atoms with Crippen molar-refractivity contribution in [2.45, 2.75) is 25.4 Å². The van der Waals surface area contributed by atoms with E-state index < -0.39 is 11.0 Å². The number of nitro benzene ring substituents is 1. The maximum Gasteiger partial charge on any atom is 0.312 e. The van der Waals surface area contributed by atoms with Crippen LogP contribution in [0.25, 0.3) is 0 Å². The van der Waals surface area contributed by atoms with Gasteiger partial charge in [-0.05, 0) is 43.0 Å². The molecule has 4 rings (SSSR count). The number of hydrogen-bond donors (Lipinski definition) is 1. The lowest BCUT2D eigenvalue weighted by atomic mass is 9.89. The second kappa shape index (κ2) is 7.85. The van der Waals surface area contributed by atoms with Crippen molar-refractivity contribution in [1.29, 1.82) is 0 Å². The molecule has 0 saturated carbocycles. The van der Waals surface area contributed by atoms with Crippen LogP contribution in [0.1, 0.15) is 46.0 Å². The Morgan fingerprint density at radius 3 is 2.55 bits per heavy atom. The van der Waals surface area contributed by atoms with Crippen LogP contribution < -0.4 is 4.74 Å². The summed E-state index contributed by atoms with van der Waals surface area (Å²) >= 11 is 0. The number of rotatable bonds is 5. The summed E-state index contributed by atoms with van der Waals surface area (Å²) in [7, 11) is 0. The number of benzene rings is 3. The number of carbonyl (C=O) groups is 1. The number of hydrogen-bond acceptors (Lipinski definition) is 5. The summed E-state index contributed by atoms with van der Waals surface area (Å²) < 4.78 is 5.89. The minimum Gasteiger partial charge on any atom is -0.450 e. The van der Waals surface area contributed by atoms with Crippen LogP contribution in [0.5, 0.6) is 11.5 Å². The molecule has 146 valence electrons. The van der Waals surface area contributed by atoms with E-state index in [1.165, 1.54) is 18.2 Å². The summed E-state index contributed by atoms with van der Waals surface area (Å²) in [5.41, 5.74) is 2.07. The Labute approximate surface area is 167 Å². The molecule has 3 aromatic carbocycles. The summed E-state index contributed by atoms with van der Waals surface area (Å²) in [6.45, 7) is 0. The second-order valence-corrected chi connectivity index (χ2v) is 6.97. The summed E-state index contributed by atoms with van der Waals surface area (Å²) in [6, 6.07) is 18.2. The van der Waals surface area contributed by atoms with Gasteiger partial charge in [0, 0.05) is 22.8 Å². The highest BCUT2D eigenvalue weighted by Crippen LogP contribution is 2.39. The molecule has 1 atom stereocenters. The van der Waals surface area contributed by atoms with Gasteiger partial charge < -0.3 is 9.84 Å². The maximum atomic E-state index is 12.6. The van der Waals surface area contributed by atoms with Crippen molar-refractivity contribution in [3.63, 3.8) is 0 Å². The van der Waals surface area contributed by atoms with Crippen molar-refractivity contribution in [1.82, 2.24) is 0 Å². The van der Waals surface area contributed by atoms with Gasteiger partial charge in [0.1, 0.15) is 5.75 Å². The summed E-state index contributed by atoms with van der Waals surface area (Å²) in [5, 5.41) is 21.8. The zero-order valence-electron chi connectivity index (χ0n) is 15.6. The van der Waals surface area contributed by atoms with Crippen LogP contribution in [-0.2, 0) is 6.42 Å². The zero-order valence-corrected chi connectivity index (χ0v) is 15.6. The summed E-state index contributed by atoms with van der Waals surface area (Å²) in [4.78, 5) is 23.7. The largest absolute Gasteiger partial charge is 0.450 e. The molecule has 0 heterocycles. The van der Waals surface area contributed by atoms with Crippen LogP contribution in [0.2, 0.25) is 0 Å². The van der Waals surface area contributed by atoms with Crippen LogP contribution in [-0.4, -0.2) is 15.8 Å². The van der Waals surface area contributed by atoms with Crippen LogP contribution in [0.15, 0.2) is 66.7 Å². The summed E-state index contributed by atoms with van der Waals surface area (Å²) in [6.07, 6.45) is 1.69. The first-order valence-corrected chi connectivity index (χ1v) is 9.40. The molecule has 1 aliphatic carbocycles. The monoisotopic (exact) mass is 389 g/mol. The predicted molar refractivity (Wildman–Crippen MR) is 107 cm³/mol. The van der Waals surface area contributed by atoms with E-state index in [9.17, 15) is 20.0 Å². The fourth-order valence-electron chi connectivity index (χ4n) is 3.65. The Kier molecular flexibility index (Phi) is 5.10. The number of carbonyl (C=O) groups excluding carboxylic acids is 1. The highest BCUT2D eigenvalue weighted by atomic mass is 16.6. The minimum absolute atomic E-state index is 0.0630. The van der Waals surface area contributed by atoms with Gasteiger partial charge in [-0.2, -0.15) is 0 Å². The van der Waals surface area contributed by atoms with E-state index in [1.54, 1.807) is 42.5 Å². The molecule has 0 fully saturated rings. The first kappa shape index (κ1) is 18.8. The quantitative estimate of drug-likeness (QED) is 0.377. The van der Waals surface area contributed by atoms with Crippen LogP contribution in [0.4, 0.5) is 5.69 Å². The molecule has 29 heavy (non-hydrogen) atoms. The molecule has 1 N–H and O–H groups in total. The van der Waals surface area contributed by atoms with E-state index in [2.05, 4.69) is 0 Å². The molecule has 3 aromatic rings. The molecular weight excluding hydrogens is 370 g/mol. The Morgan fingerprint density at radius 1 is 1.00 bits per heavy atom. The number of fused-ring (bicyclic) bond motifs is 1. The molecule has 0 aromatic heterocycles. The lowest BCUT2D eigenvalue weighted by Crippen LogP contribution is -2.10. The number of aliphatic hydroxyl groups excluding tert-OH is 1. The number of ketones is 1. The fraction of sp³-hybridized carbons (Fsp3) is 0.174. The number of aliphatic hydroxyl groups is 1. The molecule has 0 bridgehead atoms. The van der Waals surface area contributed by atoms with E-state index in [4.69, 9.17) is 4.74 Å². The van der Waals surface area contributed by atoms with E-state index in [0.29, 0.717) is 17.7 Å². The van der Waals surface area contributed by atoms with E-state index in [1.807, 2.05) is 6.07 Å². The topological polar surface area (TPSA) is 89.7 Å². The number of nitro groups is 1. The van der Waals surface area contributed by atoms with Gasteiger partial charge in [0.2, 0.25) is 5.75 Å². The molecule has 0 aliphatic heterocycles. The van der Waals surface area contributed by atoms with Crippen LogP contribution in [0.3, 0.4) is 0 Å². The number of nitrogens with zero attached hydrogens (tertiary/aromatic N) is 1. The molecule has 1 aliphatic rings. The third-order valence-corrected chi connectivity index (χ3v) is 5.11. The van der Waals surface area contributed by atoms with Gasteiger partial charge in [0.05, 0.1) is 11.0 Å². The Bertz CT molecular complexity index is 1080. The molecule has 6 heteroatoms. The maximum absolute atomic E-state index is 12.6. The van der Waals surface area contributed by atoms with E-state index in [0.717, 1.165) is 24.0 Å². The average molecular weight is 389 g/mol. The standard InChI is InChI=1S/C23H19NO5/c25-20-10-4-9-18-17(20)8-5-11-21(18)29-22-13-12-16(14-19(22)24(27)28)23(26)15-6-2-1-3-7-15/h1-3,5-8,11-14,20,25H,4,9-10H2/t20-/m1/s1. The van der Waals surface area contributed by atoms with Gasteiger partial charge in [-0.1, -0.05) is 42.5 Å². The average Bonchev–Trinajstić information content (AvgIpc) is 2.75. The lowest BCUT2D eigenvalue weighted by molar-refractivity contribution is -0.385. The first-order valence-electron chi connectivity index (χ1n) is 9.40. The van der Waals surface area contributed by atoms with Gasteiger partial charge >= 0.3 is 5.69 Å². The Hall–Kier alpha value is -3.51. The highest BCUT2D eigenvalue weighted by Gasteiger charge is 2.24. The molecule has 0 amide bonds. The molecule has 0 saturated heterocycles. The van der Waals surface area contributed by atoms with Gasteiger partial charge in [0.25, 0.3) is 0 Å². The van der Waals surface area contributed by atoms with Crippen LogP contribution in [0, 0.1) is 10.1 Å². The molecule has 0 spiro atoms. The van der Waals surface area contributed by atoms with E-state index in [-0.39, 0.29) is 22.8 Å². The molecular formula is C23H19NO5. The van der Waals surface area contributed by atoms with Gasteiger partial charge in [-0.15, -0.1) is 0 Å². The number of ether oxygens (including phenoxy) is 1. The Morgan fingerprint density at radius 2 is 1.79 bits per heavy atom. The first-order chi connectivity index (χ1) is 14.0. The third-order valence-electron chi connectivity index (χ3n) is 5.11. The third kappa shape index (κ3) is 3.75. The van der Waals surface area contributed by atoms with E-state index >= 15 is 0 Å². The summed E-state index contributed by atoms with van der Waals surface area (Å²) in [5.74, 6) is 0.264. The van der Waals surface area contributed by atoms with Crippen molar-refractivity contribution in [3.05, 3.63) is 99.1 Å². The van der Waals surface area contributed by atoms with Crippen molar-refractivity contribution >= 4 is 11.5 Å². The second-order valence-electron chi connectivity index (χ2n) is 6.97. The molecule has 6 nitrogen and oxygen atoms in total. The van der Waals surface area contributed by atoms with Crippen molar-refractivity contribution in [2.75, 3.05) is 0 Å². The van der Waals surface area contributed by atoms with Crippen molar-refractivity contribution in [2.24, 2.45) is 0 Å². The van der Waals surface area contributed by atoms with Crippen LogP contribution >= 0.6 is 0 Å². The SMILES string of the molecule is O=C(c1ccccc1)c1ccc(Oc2cccc3c2CCC[C@H]3O)c([N+](=O)[O-])c1. The minimum atomic E-state index is -0.554. The molecule has 0 radical (unpaired) electrons. The van der Waals surface area contributed by atoms with Crippen molar-refractivity contribution in [3.8, 4) is 11.5 Å². The molecule has 0 unspecified atom stereocenters. The zero-order chi connectivity index (χ0) is 20.4. The highest BCUT2D eigenvalue weighted by molar-refractivity contribution is 6.09.